The molecule has 0 aliphatic carbocycles. The lowest BCUT2D eigenvalue weighted by molar-refractivity contribution is 0.0490. The fourth-order valence-electron chi connectivity index (χ4n) is 3.42. The number of imide groups is 1. The molecule has 0 radical (unpaired) electrons. The van der Waals surface area contributed by atoms with Gasteiger partial charge in [-0.25, -0.2) is 0 Å². The zero-order chi connectivity index (χ0) is 16.0. The van der Waals surface area contributed by atoms with Crippen LogP contribution >= 0.6 is 0 Å². The maximum absolute atomic E-state index is 12.5. The molecule has 116 valence electrons. The minimum absolute atomic E-state index is 0.203. The van der Waals surface area contributed by atoms with E-state index in [1.807, 2.05) is 24.3 Å². The van der Waals surface area contributed by atoms with Gasteiger partial charge in [-0.1, -0.05) is 37.3 Å². The molecular weight excluding hydrogens is 290 g/mol. The van der Waals surface area contributed by atoms with Crippen molar-refractivity contribution in [2.75, 3.05) is 13.2 Å². The second-order valence-electron chi connectivity index (χ2n) is 6.63. The topological polar surface area (TPSA) is 46.6 Å². The molecule has 2 aromatic rings. The third-order valence-electron chi connectivity index (χ3n) is 4.58. The molecule has 0 N–H and O–H groups in total. The molecule has 4 nitrogen and oxygen atoms in total. The number of rotatable bonds is 2. The number of hydrogen-bond acceptors (Lipinski definition) is 3. The van der Waals surface area contributed by atoms with Crippen molar-refractivity contribution < 1.29 is 14.3 Å². The highest BCUT2D eigenvalue weighted by molar-refractivity contribution is 6.21. The summed E-state index contributed by atoms with van der Waals surface area (Å²) in [6.07, 6.45) is 0.788. The Morgan fingerprint density at radius 2 is 1.61 bits per heavy atom. The van der Waals surface area contributed by atoms with E-state index in [4.69, 9.17) is 4.74 Å². The summed E-state index contributed by atoms with van der Waals surface area (Å²) in [6, 6.07) is 14.9. The molecule has 0 unspecified atom stereocenters. The van der Waals surface area contributed by atoms with Crippen molar-refractivity contribution in [1.29, 1.82) is 0 Å². The van der Waals surface area contributed by atoms with Gasteiger partial charge in [-0.3, -0.25) is 14.5 Å². The van der Waals surface area contributed by atoms with Crippen molar-refractivity contribution in [2.24, 2.45) is 5.41 Å². The summed E-state index contributed by atoms with van der Waals surface area (Å²) in [4.78, 5) is 26.4. The molecule has 0 aromatic heterocycles. The quantitative estimate of drug-likeness (QED) is 0.801. The van der Waals surface area contributed by atoms with E-state index in [2.05, 4.69) is 6.92 Å². The molecule has 23 heavy (non-hydrogen) atoms. The van der Waals surface area contributed by atoms with Crippen molar-refractivity contribution in [1.82, 2.24) is 4.90 Å². The van der Waals surface area contributed by atoms with Crippen LogP contribution in [-0.4, -0.2) is 29.9 Å². The maximum atomic E-state index is 12.5. The minimum atomic E-state index is -0.276. The molecule has 1 atom stereocenters. The normalized spacial score (nSPS) is 22.6. The third-order valence-corrected chi connectivity index (χ3v) is 4.58. The SMILES string of the molecule is C[C@@]1(CN2C(=O)c3ccccc3C2=O)COc2ccccc2C1. The summed E-state index contributed by atoms with van der Waals surface area (Å²) < 4.78 is 5.85. The number of carbonyl (C=O) groups is 2. The van der Waals surface area contributed by atoms with Crippen LogP contribution in [0.5, 0.6) is 5.75 Å². The number of nitrogens with zero attached hydrogens (tertiary/aromatic N) is 1. The Balaban J connectivity index is 1.60. The van der Waals surface area contributed by atoms with E-state index in [-0.39, 0.29) is 17.2 Å². The summed E-state index contributed by atoms with van der Waals surface area (Å²) in [6.45, 7) is 2.93. The van der Waals surface area contributed by atoms with Gasteiger partial charge >= 0.3 is 0 Å². The Hall–Kier alpha value is -2.62. The predicted octanol–water partition coefficient (Wildman–Crippen LogP) is 2.92. The van der Waals surface area contributed by atoms with E-state index in [9.17, 15) is 9.59 Å². The minimum Gasteiger partial charge on any atom is -0.493 e. The Morgan fingerprint density at radius 3 is 2.30 bits per heavy atom. The molecule has 2 heterocycles. The van der Waals surface area contributed by atoms with Crippen LogP contribution in [0, 0.1) is 5.41 Å². The Bertz CT molecular complexity index is 779. The van der Waals surface area contributed by atoms with E-state index in [0.29, 0.717) is 24.3 Å². The van der Waals surface area contributed by atoms with E-state index in [0.717, 1.165) is 17.7 Å². The van der Waals surface area contributed by atoms with Gasteiger partial charge in [0, 0.05) is 12.0 Å². The van der Waals surface area contributed by atoms with E-state index < -0.39 is 0 Å². The first kappa shape index (κ1) is 14.0. The van der Waals surface area contributed by atoms with Gasteiger partial charge < -0.3 is 4.74 Å². The van der Waals surface area contributed by atoms with Crippen LogP contribution in [0.25, 0.3) is 0 Å². The zero-order valence-corrected chi connectivity index (χ0v) is 12.9. The van der Waals surface area contributed by atoms with Crippen molar-refractivity contribution in [3.8, 4) is 5.75 Å². The fourth-order valence-corrected chi connectivity index (χ4v) is 3.42. The van der Waals surface area contributed by atoms with E-state index >= 15 is 0 Å². The van der Waals surface area contributed by atoms with E-state index in [1.54, 1.807) is 24.3 Å². The average Bonchev–Trinajstić information content (AvgIpc) is 2.80. The van der Waals surface area contributed by atoms with Gasteiger partial charge in [0.15, 0.2) is 0 Å². The molecule has 0 fully saturated rings. The highest BCUT2D eigenvalue weighted by atomic mass is 16.5. The number of hydrogen-bond donors (Lipinski definition) is 0. The zero-order valence-electron chi connectivity index (χ0n) is 12.9. The lowest BCUT2D eigenvalue weighted by Gasteiger charge is -2.37. The number of carbonyl (C=O) groups excluding carboxylic acids is 2. The number of ether oxygens (including phenoxy) is 1. The standard InChI is InChI=1S/C19H17NO3/c1-19(10-13-6-2-5-9-16(13)23-12-19)11-20-17(21)14-7-3-4-8-15(14)18(20)22/h2-9H,10-12H2,1H3/t19-/m1/s1. The van der Waals surface area contributed by atoms with Crippen molar-refractivity contribution in [3.63, 3.8) is 0 Å². The number of benzene rings is 2. The molecule has 4 rings (SSSR count). The van der Waals surface area contributed by atoms with Crippen LogP contribution in [0.15, 0.2) is 48.5 Å². The van der Waals surface area contributed by atoms with E-state index in [1.165, 1.54) is 4.90 Å². The summed E-state index contributed by atoms with van der Waals surface area (Å²) in [5, 5.41) is 0. The van der Waals surface area contributed by atoms with Gasteiger partial charge in [-0.15, -0.1) is 0 Å². The Labute approximate surface area is 134 Å². The first-order chi connectivity index (χ1) is 11.1. The van der Waals surface area contributed by atoms with Crippen LogP contribution in [0.1, 0.15) is 33.2 Å². The molecule has 0 saturated heterocycles. The van der Waals surface area contributed by atoms with Crippen LogP contribution in [-0.2, 0) is 6.42 Å². The van der Waals surface area contributed by atoms with Crippen LogP contribution < -0.4 is 4.74 Å². The largest absolute Gasteiger partial charge is 0.493 e. The highest BCUT2D eigenvalue weighted by Crippen LogP contribution is 2.36. The monoisotopic (exact) mass is 307 g/mol. The molecule has 0 bridgehead atoms. The smallest absolute Gasteiger partial charge is 0.261 e. The van der Waals surface area contributed by atoms with Crippen molar-refractivity contribution in [3.05, 3.63) is 65.2 Å². The molecule has 0 saturated carbocycles. The number of para-hydroxylation sites is 1. The average molecular weight is 307 g/mol. The molecule has 2 aliphatic heterocycles. The van der Waals surface area contributed by atoms with Gasteiger partial charge in [0.1, 0.15) is 5.75 Å². The number of fused-ring (bicyclic) bond motifs is 2. The van der Waals surface area contributed by atoms with Gasteiger partial charge in [0.25, 0.3) is 11.8 Å². The Kier molecular flexibility index (Phi) is 3.01. The summed E-state index contributed by atoms with van der Waals surface area (Å²) >= 11 is 0. The first-order valence-electron chi connectivity index (χ1n) is 7.73. The van der Waals surface area contributed by atoms with Gasteiger partial charge in [-0.05, 0) is 30.2 Å². The van der Waals surface area contributed by atoms with Crippen molar-refractivity contribution in [2.45, 2.75) is 13.3 Å². The van der Waals surface area contributed by atoms with Crippen LogP contribution in [0.3, 0.4) is 0 Å². The maximum Gasteiger partial charge on any atom is 0.261 e. The fraction of sp³-hybridized carbons (Fsp3) is 0.263. The lowest BCUT2D eigenvalue weighted by atomic mass is 9.81. The highest BCUT2D eigenvalue weighted by Gasteiger charge is 2.41. The molecule has 4 heteroatoms. The summed E-state index contributed by atoms with van der Waals surface area (Å²) in [5.41, 5.74) is 1.84. The van der Waals surface area contributed by atoms with Crippen molar-refractivity contribution >= 4 is 11.8 Å². The molecule has 0 spiro atoms. The lowest BCUT2D eigenvalue weighted by Crippen LogP contribution is -2.45. The first-order valence-corrected chi connectivity index (χ1v) is 7.73. The predicted molar refractivity (Wildman–Crippen MR) is 85.6 cm³/mol. The molecule has 2 aromatic carbocycles. The second-order valence-corrected chi connectivity index (χ2v) is 6.63. The molecular formula is C19H17NO3. The number of amides is 2. The molecule has 2 amide bonds. The summed E-state index contributed by atoms with van der Waals surface area (Å²) in [7, 11) is 0. The Morgan fingerprint density at radius 1 is 1.00 bits per heavy atom. The molecule has 2 aliphatic rings. The third kappa shape index (κ3) is 2.22. The van der Waals surface area contributed by atoms with Crippen LogP contribution in [0.4, 0.5) is 0 Å². The van der Waals surface area contributed by atoms with Crippen LogP contribution in [0.2, 0.25) is 0 Å². The summed E-state index contributed by atoms with van der Waals surface area (Å²) in [5.74, 6) is 0.490. The van der Waals surface area contributed by atoms with Gasteiger partial charge in [0.05, 0.1) is 17.7 Å². The second kappa shape index (κ2) is 4.95. The van der Waals surface area contributed by atoms with Gasteiger partial charge in [-0.2, -0.15) is 0 Å². The van der Waals surface area contributed by atoms with Gasteiger partial charge in [0.2, 0.25) is 0 Å².